The quantitative estimate of drug-likeness (QED) is 0.161. The van der Waals surface area contributed by atoms with Crippen LogP contribution in [0, 0.1) is 0 Å². The van der Waals surface area contributed by atoms with Crippen LogP contribution in [0.1, 0.15) is 217 Å². The molecule has 47 heavy (non-hydrogen) atoms. The normalized spacial score (nSPS) is 16.8. The van der Waals surface area contributed by atoms with E-state index in [1.54, 1.807) is 0 Å². The summed E-state index contributed by atoms with van der Waals surface area (Å²) < 4.78 is 11.9. The molecule has 0 aromatic heterocycles. The monoisotopic (exact) mass is 644 g/mol. The average molecular weight is 645 g/mol. The topological polar surface area (TPSA) is 52.6 Å². The van der Waals surface area contributed by atoms with Gasteiger partial charge in [0.15, 0.2) is 0 Å². The minimum absolute atomic E-state index is 0.0522. The maximum absolute atomic E-state index is 13.7. The molecule has 0 amide bonds. The van der Waals surface area contributed by atoms with Gasteiger partial charge >= 0.3 is 11.9 Å². The fourth-order valence-corrected chi connectivity index (χ4v) is 8.44. The summed E-state index contributed by atoms with van der Waals surface area (Å²) in [5.74, 6) is 1.28. The second-order valence-corrected chi connectivity index (χ2v) is 14.7. The summed E-state index contributed by atoms with van der Waals surface area (Å²) in [6.07, 6.45) is 20.7. The Labute approximate surface area is 286 Å². The summed E-state index contributed by atoms with van der Waals surface area (Å²) >= 11 is 0. The fraction of sp³-hybridized carbons (Fsp3) is 0.674. The van der Waals surface area contributed by atoms with Crippen molar-refractivity contribution in [3.8, 4) is 0 Å². The van der Waals surface area contributed by atoms with Crippen molar-refractivity contribution in [3.05, 3.63) is 69.8 Å². The van der Waals surface area contributed by atoms with Crippen molar-refractivity contribution >= 4 is 11.9 Å². The smallest absolute Gasteiger partial charge is 0.338 e. The van der Waals surface area contributed by atoms with E-state index >= 15 is 0 Å². The molecule has 0 aliphatic heterocycles. The molecule has 0 N–H and O–H groups in total. The first-order valence-corrected chi connectivity index (χ1v) is 19.6. The van der Waals surface area contributed by atoms with Gasteiger partial charge in [-0.1, -0.05) is 116 Å². The van der Waals surface area contributed by atoms with Crippen molar-refractivity contribution in [1.29, 1.82) is 0 Å². The van der Waals surface area contributed by atoms with E-state index < -0.39 is 6.10 Å². The SMILES string of the molecule is CCCC(CCC)c1ccc(C(=O)OCC(C)OC(=O)c2ccc(C(CCC)CCC)cc2C2CCCCC2)c(C2CCCCC2)c1. The number of esters is 2. The third-order valence-electron chi connectivity index (χ3n) is 10.9. The van der Waals surface area contributed by atoms with Crippen LogP contribution >= 0.6 is 0 Å². The zero-order valence-electron chi connectivity index (χ0n) is 30.4. The number of hydrogen-bond acceptors (Lipinski definition) is 4. The Morgan fingerprint density at radius 3 is 1.43 bits per heavy atom. The van der Waals surface area contributed by atoms with Gasteiger partial charge in [0.25, 0.3) is 0 Å². The second kappa shape index (κ2) is 19.4. The van der Waals surface area contributed by atoms with E-state index in [9.17, 15) is 9.59 Å². The minimum Gasteiger partial charge on any atom is -0.458 e. The first kappa shape index (κ1) is 37.2. The van der Waals surface area contributed by atoms with Crippen LogP contribution < -0.4 is 0 Å². The molecule has 2 saturated carbocycles. The predicted molar refractivity (Wildman–Crippen MR) is 195 cm³/mol. The van der Waals surface area contributed by atoms with Gasteiger partial charge in [-0.2, -0.15) is 0 Å². The van der Waals surface area contributed by atoms with E-state index in [1.165, 1.54) is 75.3 Å². The number of rotatable bonds is 17. The molecule has 0 radical (unpaired) electrons. The zero-order chi connectivity index (χ0) is 33.6. The highest BCUT2D eigenvalue weighted by atomic mass is 16.6. The van der Waals surface area contributed by atoms with Gasteiger partial charge in [-0.3, -0.25) is 0 Å². The Bertz CT molecular complexity index is 1240. The Morgan fingerprint density at radius 2 is 1.02 bits per heavy atom. The van der Waals surface area contributed by atoms with Crippen LogP contribution in [0.3, 0.4) is 0 Å². The Balaban J connectivity index is 1.48. The van der Waals surface area contributed by atoms with E-state index in [-0.39, 0.29) is 18.5 Å². The van der Waals surface area contributed by atoms with Crippen LogP contribution in [-0.4, -0.2) is 24.6 Å². The lowest BCUT2D eigenvalue weighted by Gasteiger charge is -2.27. The minimum atomic E-state index is -0.533. The Kier molecular flexibility index (Phi) is 15.4. The summed E-state index contributed by atoms with van der Waals surface area (Å²) in [5, 5.41) is 0. The molecule has 2 aliphatic carbocycles. The molecular weight excluding hydrogens is 580 g/mol. The van der Waals surface area contributed by atoms with Crippen LogP contribution in [0.15, 0.2) is 36.4 Å². The van der Waals surface area contributed by atoms with Gasteiger partial charge in [-0.15, -0.1) is 0 Å². The number of benzene rings is 2. The number of carbonyl (C=O) groups is 2. The third kappa shape index (κ3) is 10.4. The van der Waals surface area contributed by atoms with E-state index in [0.29, 0.717) is 34.8 Å². The van der Waals surface area contributed by atoms with Crippen LogP contribution in [0.5, 0.6) is 0 Å². The number of carbonyl (C=O) groups excluding carboxylic acids is 2. The largest absolute Gasteiger partial charge is 0.458 e. The van der Waals surface area contributed by atoms with Crippen LogP contribution in [0.4, 0.5) is 0 Å². The highest BCUT2D eigenvalue weighted by molar-refractivity contribution is 5.92. The van der Waals surface area contributed by atoms with Gasteiger partial charge < -0.3 is 9.47 Å². The zero-order valence-corrected chi connectivity index (χ0v) is 30.4. The van der Waals surface area contributed by atoms with E-state index in [0.717, 1.165) is 62.5 Å². The lowest BCUT2D eigenvalue weighted by molar-refractivity contribution is 0.00426. The Hall–Kier alpha value is -2.62. The van der Waals surface area contributed by atoms with Crippen LogP contribution in [0.2, 0.25) is 0 Å². The summed E-state index contributed by atoms with van der Waals surface area (Å²) in [5.41, 5.74) is 6.43. The highest BCUT2D eigenvalue weighted by Crippen LogP contribution is 2.39. The van der Waals surface area contributed by atoms with E-state index in [2.05, 4.69) is 52.0 Å². The van der Waals surface area contributed by atoms with Crippen molar-refractivity contribution < 1.29 is 19.1 Å². The maximum atomic E-state index is 13.7. The van der Waals surface area contributed by atoms with Gasteiger partial charge in [0.2, 0.25) is 0 Å². The highest BCUT2D eigenvalue weighted by Gasteiger charge is 2.27. The molecular formula is C43H64O4. The number of hydrogen-bond donors (Lipinski definition) is 0. The molecule has 2 aromatic carbocycles. The first-order valence-electron chi connectivity index (χ1n) is 19.6. The Morgan fingerprint density at radius 1 is 0.617 bits per heavy atom. The third-order valence-corrected chi connectivity index (χ3v) is 10.9. The summed E-state index contributed by atoms with van der Waals surface area (Å²) in [4.78, 5) is 27.3. The molecule has 1 atom stereocenters. The van der Waals surface area contributed by atoms with Crippen LogP contribution in [0.25, 0.3) is 0 Å². The molecule has 2 aliphatic rings. The van der Waals surface area contributed by atoms with Crippen molar-refractivity contribution in [2.75, 3.05) is 6.61 Å². The molecule has 2 aromatic rings. The molecule has 0 heterocycles. The van der Waals surface area contributed by atoms with Gasteiger partial charge in [-0.25, -0.2) is 9.59 Å². The molecule has 4 nitrogen and oxygen atoms in total. The molecule has 0 bridgehead atoms. The lowest BCUT2D eigenvalue weighted by atomic mass is 9.79. The second-order valence-electron chi connectivity index (χ2n) is 14.7. The summed E-state index contributed by atoms with van der Waals surface area (Å²) in [7, 11) is 0. The van der Waals surface area contributed by atoms with Gasteiger partial charge in [-0.05, 0) is 116 Å². The predicted octanol–water partition coefficient (Wildman–Crippen LogP) is 12.6. The molecule has 2 fully saturated rings. The average Bonchev–Trinajstić information content (AvgIpc) is 3.10. The molecule has 4 heteroatoms. The first-order chi connectivity index (χ1) is 22.9. The van der Waals surface area contributed by atoms with Gasteiger partial charge in [0, 0.05) is 0 Å². The summed E-state index contributed by atoms with van der Waals surface area (Å²) in [6, 6.07) is 13.0. The summed E-state index contributed by atoms with van der Waals surface area (Å²) in [6.45, 7) is 10.9. The molecule has 0 saturated heterocycles. The van der Waals surface area contributed by atoms with Gasteiger partial charge in [0.1, 0.15) is 12.7 Å². The van der Waals surface area contributed by atoms with Gasteiger partial charge in [0.05, 0.1) is 11.1 Å². The van der Waals surface area contributed by atoms with Crippen molar-refractivity contribution in [3.63, 3.8) is 0 Å². The van der Waals surface area contributed by atoms with Crippen LogP contribution in [-0.2, 0) is 9.47 Å². The van der Waals surface area contributed by atoms with Crippen molar-refractivity contribution in [1.82, 2.24) is 0 Å². The standard InChI is InChI=1S/C43H64O4/c1-6-16-32(17-7-2)36-24-26-38(40(28-36)34-20-12-10-13-21-34)42(44)46-30-31(5)47-43(45)39-27-25-37(33(18-8-3)19-9-4)29-41(39)35-22-14-11-15-23-35/h24-29,31-35H,6-23,30H2,1-5H3. The maximum Gasteiger partial charge on any atom is 0.338 e. The molecule has 4 rings (SSSR count). The van der Waals surface area contributed by atoms with E-state index in [4.69, 9.17) is 9.47 Å². The van der Waals surface area contributed by atoms with E-state index in [1.807, 2.05) is 19.1 Å². The number of ether oxygens (including phenoxy) is 2. The molecule has 0 spiro atoms. The van der Waals surface area contributed by atoms with Crippen molar-refractivity contribution in [2.24, 2.45) is 0 Å². The van der Waals surface area contributed by atoms with Crippen molar-refractivity contribution in [2.45, 2.75) is 180 Å². The fourth-order valence-electron chi connectivity index (χ4n) is 8.44. The lowest BCUT2D eigenvalue weighted by Crippen LogP contribution is -2.24. The molecule has 260 valence electrons. The molecule has 1 unspecified atom stereocenters.